The van der Waals surface area contributed by atoms with Gasteiger partial charge in [-0.1, -0.05) is 12.2 Å². The van der Waals surface area contributed by atoms with Gasteiger partial charge in [0.15, 0.2) is 0 Å². The highest BCUT2D eigenvalue weighted by atomic mass is 16.5. The molecule has 0 radical (unpaired) electrons. The van der Waals surface area contributed by atoms with Gasteiger partial charge < -0.3 is 10.1 Å². The van der Waals surface area contributed by atoms with Crippen molar-refractivity contribution in [2.24, 2.45) is 4.99 Å². The largest absolute Gasteiger partial charge is 0.375 e. The van der Waals surface area contributed by atoms with E-state index in [0.717, 1.165) is 37.5 Å². The first kappa shape index (κ1) is 11.2. The Bertz CT molecular complexity index is 211. The minimum atomic E-state index is 0.661. The molecule has 1 aliphatic rings. The summed E-state index contributed by atoms with van der Waals surface area (Å²) in [6.07, 6.45) is 3.59. The first-order valence-electron chi connectivity index (χ1n) is 5.28. The fraction of sp³-hybridized carbons (Fsp3) is 0.727. The molecule has 1 rings (SSSR count). The highest BCUT2D eigenvalue weighted by molar-refractivity contribution is 5.82. The van der Waals surface area contributed by atoms with Crippen molar-refractivity contribution in [2.75, 3.05) is 26.3 Å². The molecule has 3 nitrogen and oxygen atoms in total. The summed E-state index contributed by atoms with van der Waals surface area (Å²) in [6, 6.07) is 0. The van der Waals surface area contributed by atoms with E-state index in [1.807, 2.05) is 6.92 Å². The minimum Gasteiger partial charge on any atom is -0.375 e. The number of nitrogens with zero attached hydrogens (tertiary/aromatic N) is 1. The third-order valence-electron chi connectivity index (χ3n) is 2.05. The summed E-state index contributed by atoms with van der Waals surface area (Å²) in [5.74, 6) is 1.15. The summed E-state index contributed by atoms with van der Waals surface area (Å²) in [7, 11) is 0. The molecule has 0 aliphatic carbocycles. The molecule has 0 saturated heterocycles. The molecule has 3 heteroatoms. The standard InChI is InChI=1S/C11H20N2O/c1-10(2)9-14-8-7-13-11-5-3-4-6-12-11/h1,3-9H2,2H3,(H,12,13). The summed E-state index contributed by atoms with van der Waals surface area (Å²) < 4.78 is 5.37. The van der Waals surface area contributed by atoms with Crippen molar-refractivity contribution in [3.05, 3.63) is 12.2 Å². The van der Waals surface area contributed by atoms with Gasteiger partial charge in [0.05, 0.1) is 19.0 Å². The number of aliphatic imine (C=N–C) groups is 1. The van der Waals surface area contributed by atoms with E-state index in [1.54, 1.807) is 0 Å². The minimum absolute atomic E-state index is 0.661. The third-order valence-corrected chi connectivity index (χ3v) is 2.05. The molecule has 0 fully saturated rings. The molecule has 0 atom stereocenters. The lowest BCUT2D eigenvalue weighted by Crippen LogP contribution is -2.29. The average Bonchev–Trinajstić information content (AvgIpc) is 2.18. The Morgan fingerprint density at radius 3 is 3.07 bits per heavy atom. The molecule has 80 valence electrons. The SMILES string of the molecule is C=C(C)COCCNC1=NCCCC1. The van der Waals surface area contributed by atoms with E-state index in [2.05, 4.69) is 16.9 Å². The topological polar surface area (TPSA) is 33.6 Å². The first-order valence-corrected chi connectivity index (χ1v) is 5.28. The van der Waals surface area contributed by atoms with Crippen molar-refractivity contribution < 1.29 is 4.74 Å². The van der Waals surface area contributed by atoms with Gasteiger partial charge in [0, 0.05) is 19.5 Å². The monoisotopic (exact) mass is 196 g/mol. The summed E-state index contributed by atoms with van der Waals surface area (Å²) in [5, 5.41) is 3.29. The molecule has 0 amide bonds. The maximum atomic E-state index is 5.37. The van der Waals surface area contributed by atoms with Crippen LogP contribution in [0, 0.1) is 0 Å². The fourth-order valence-corrected chi connectivity index (χ4v) is 1.36. The van der Waals surface area contributed by atoms with Crippen LogP contribution in [0.25, 0.3) is 0 Å². The lowest BCUT2D eigenvalue weighted by molar-refractivity contribution is 0.161. The van der Waals surface area contributed by atoms with Gasteiger partial charge in [0.1, 0.15) is 0 Å². The number of hydrogen-bond acceptors (Lipinski definition) is 3. The second-order valence-electron chi connectivity index (χ2n) is 3.72. The lowest BCUT2D eigenvalue weighted by atomic mass is 10.2. The summed E-state index contributed by atoms with van der Waals surface area (Å²) in [4.78, 5) is 4.39. The lowest BCUT2D eigenvalue weighted by Gasteiger charge is -2.13. The Kier molecular flexibility index (Phi) is 5.30. The molecule has 1 heterocycles. The van der Waals surface area contributed by atoms with Crippen LogP contribution in [-0.4, -0.2) is 32.1 Å². The normalized spacial score (nSPS) is 16.2. The zero-order chi connectivity index (χ0) is 10.2. The Labute approximate surface area is 86.3 Å². The third kappa shape index (κ3) is 5.02. The second-order valence-corrected chi connectivity index (χ2v) is 3.72. The van der Waals surface area contributed by atoms with Gasteiger partial charge >= 0.3 is 0 Å². The average molecular weight is 196 g/mol. The van der Waals surface area contributed by atoms with Crippen LogP contribution in [0.4, 0.5) is 0 Å². The number of nitrogens with one attached hydrogen (secondary N) is 1. The van der Waals surface area contributed by atoms with Crippen LogP contribution in [0.1, 0.15) is 26.2 Å². The van der Waals surface area contributed by atoms with Crippen molar-refractivity contribution in [1.82, 2.24) is 5.32 Å². The van der Waals surface area contributed by atoms with Crippen LogP contribution < -0.4 is 5.32 Å². The molecular weight excluding hydrogens is 176 g/mol. The predicted octanol–water partition coefficient (Wildman–Crippen LogP) is 1.75. The molecule has 0 aromatic carbocycles. The van der Waals surface area contributed by atoms with E-state index in [9.17, 15) is 0 Å². The van der Waals surface area contributed by atoms with E-state index in [4.69, 9.17) is 4.74 Å². The van der Waals surface area contributed by atoms with E-state index in [-0.39, 0.29) is 0 Å². The molecule has 1 aliphatic heterocycles. The quantitative estimate of drug-likeness (QED) is 0.537. The van der Waals surface area contributed by atoms with Crippen LogP contribution in [0.3, 0.4) is 0 Å². The van der Waals surface area contributed by atoms with Gasteiger partial charge in [0.25, 0.3) is 0 Å². The van der Waals surface area contributed by atoms with Gasteiger partial charge in [-0.05, 0) is 19.8 Å². The van der Waals surface area contributed by atoms with Crippen LogP contribution in [-0.2, 0) is 4.74 Å². The number of amidine groups is 1. The summed E-state index contributed by atoms with van der Waals surface area (Å²) >= 11 is 0. The smallest absolute Gasteiger partial charge is 0.0963 e. The Morgan fingerprint density at radius 2 is 2.43 bits per heavy atom. The number of ether oxygens (including phenoxy) is 1. The molecule has 0 spiro atoms. The second kappa shape index (κ2) is 6.60. The van der Waals surface area contributed by atoms with Gasteiger partial charge in [-0.25, -0.2) is 0 Å². The maximum absolute atomic E-state index is 5.37. The summed E-state index contributed by atoms with van der Waals surface area (Å²) in [6.45, 7) is 8.97. The molecule has 1 N–H and O–H groups in total. The van der Waals surface area contributed by atoms with Gasteiger partial charge in [0.2, 0.25) is 0 Å². The highest BCUT2D eigenvalue weighted by Gasteiger charge is 2.03. The molecule has 14 heavy (non-hydrogen) atoms. The van der Waals surface area contributed by atoms with Crippen molar-refractivity contribution in [3.63, 3.8) is 0 Å². The number of hydrogen-bond donors (Lipinski definition) is 1. The van der Waals surface area contributed by atoms with E-state index in [1.165, 1.54) is 12.8 Å². The molecule has 0 unspecified atom stereocenters. The first-order chi connectivity index (χ1) is 6.79. The van der Waals surface area contributed by atoms with Crippen molar-refractivity contribution in [2.45, 2.75) is 26.2 Å². The Balaban J connectivity index is 1.98. The van der Waals surface area contributed by atoms with Crippen LogP contribution in [0.2, 0.25) is 0 Å². The van der Waals surface area contributed by atoms with E-state index < -0.39 is 0 Å². The van der Waals surface area contributed by atoms with Crippen LogP contribution in [0.5, 0.6) is 0 Å². The molecular formula is C11H20N2O. The van der Waals surface area contributed by atoms with Crippen molar-refractivity contribution >= 4 is 5.84 Å². The highest BCUT2D eigenvalue weighted by Crippen LogP contribution is 2.03. The zero-order valence-corrected chi connectivity index (χ0v) is 9.01. The van der Waals surface area contributed by atoms with Gasteiger partial charge in [-0.2, -0.15) is 0 Å². The fourth-order valence-electron chi connectivity index (χ4n) is 1.36. The molecule has 0 bridgehead atoms. The Morgan fingerprint density at radius 1 is 1.57 bits per heavy atom. The van der Waals surface area contributed by atoms with Crippen LogP contribution in [0.15, 0.2) is 17.1 Å². The van der Waals surface area contributed by atoms with Crippen LogP contribution >= 0.6 is 0 Å². The molecule has 0 saturated carbocycles. The van der Waals surface area contributed by atoms with E-state index >= 15 is 0 Å². The van der Waals surface area contributed by atoms with Crippen molar-refractivity contribution in [3.8, 4) is 0 Å². The predicted molar refractivity (Wildman–Crippen MR) is 59.8 cm³/mol. The molecule has 0 aromatic rings. The Hall–Kier alpha value is -0.830. The van der Waals surface area contributed by atoms with Gasteiger partial charge in [-0.3, -0.25) is 4.99 Å². The molecule has 0 aromatic heterocycles. The number of rotatable bonds is 5. The van der Waals surface area contributed by atoms with Gasteiger partial charge in [-0.15, -0.1) is 0 Å². The van der Waals surface area contributed by atoms with Crippen molar-refractivity contribution in [1.29, 1.82) is 0 Å². The summed E-state index contributed by atoms with van der Waals surface area (Å²) in [5.41, 5.74) is 1.07. The zero-order valence-electron chi connectivity index (χ0n) is 9.01. The maximum Gasteiger partial charge on any atom is 0.0963 e. The van der Waals surface area contributed by atoms with E-state index in [0.29, 0.717) is 6.61 Å².